The summed E-state index contributed by atoms with van der Waals surface area (Å²) < 4.78 is 26.1. The second kappa shape index (κ2) is 11.6. The molecule has 2 aromatic rings. The Labute approximate surface area is 223 Å². The number of benzene rings is 2. The van der Waals surface area contributed by atoms with Crippen molar-refractivity contribution in [2.24, 2.45) is 0 Å². The molecule has 2 fully saturated rings. The van der Waals surface area contributed by atoms with Crippen molar-refractivity contribution in [2.45, 2.75) is 58.3 Å². The third-order valence-corrected chi connectivity index (χ3v) is 9.30. The van der Waals surface area contributed by atoms with E-state index in [0.717, 1.165) is 31.6 Å². The highest BCUT2D eigenvalue weighted by Crippen LogP contribution is 2.31. The Morgan fingerprint density at radius 1 is 0.838 bits per heavy atom. The van der Waals surface area contributed by atoms with E-state index >= 15 is 0 Å². The predicted octanol–water partition coefficient (Wildman–Crippen LogP) is 3.55. The van der Waals surface area contributed by atoms with Gasteiger partial charge in [-0.1, -0.05) is 54.6 Å². The molecule has 37 heavy (non-hydrogen) atoms. The van der Waals surface area contributed by atoms with E-state index in [1.165, 1.54) is 17.4 Å². The molecule has 0 radical (unpaired) electrons. The van der Waals surface area contributed by atoms with Crippen molar-refractivity contribution in [3.05, 3.63) is 71.3 Å². The van der Waals surface area contributed by atoms with Crippen LogP contribution < -0.4 is 0 Å². The molecular formula is C29H42N4O3S. The number of hydrogen-bond acceptors (Lipinski definition) is 5. The van der Waals surface area contributed by atoms with Crippen LogP contribution in [0.2, 0.25) is 0 Å². The Bertz CT molecular complexity index is 1150. The Balaban J connectivity index is 1.49. The highest BCUT2D eigenvalue weighted by molar-refractivity contribution is 7.88. The van der Waals surface area contributed by atoms with E-state index in [4.69, 9.17) is 0 Å². The lowest BCUT2D eigenvalue weighted by Crippen LogP contribution is -2.53. The molecule has 1 unspecified atom stereocenters. The summed E-state index contributed by atoms with van der Waals surface area (Å²) >= 11 is 0. The van der Waals surface area contributed by atoms with E-state index in [1.807, 2.05) is 11.0 Å². The van der Waals surface area contributed by atoms with Gasteiger partial charge in [-0.25, -0.2) is 8.42 Å². The molecule has 0 spiro atoms. The summed E-state index contributed by atoms with van der Waals surface area (Å²) in [5.41, 5.74) is 3.68. The Morgan fingerprint density at radius 3 is 2.03 bits per heavy atom. The maximum absolute atomic E-state index is 12.2. The fourth-order valence-electron chi connectivity index (χ4n) is 5.90. The zero-order chi connectivity index (χ0) is 26.7. The van der Waals surface area contributed by atoms with E-state index in [1.54, 1.807) is 11.2 Å². The molecule has 2 saturated heterocycles. The van der Waals surface area contributed by atoms with Crippen molar-refractivity contribution in [2.75, 3.05) is 45.5 Å². The summed E-state index contributed by atoms with van der Waals surface area (Å²) in [7, 11) is -3.21. The minimum Gasteiger partial charge on any atom is -0.340 e. The second-order valence-electron chi connectivity index (χ2n) is 10.9. The van der Waals surface area contributed by atoms with Gasteiger partial charge in [0.15, 0.2) is 0 Å². The van der Waals surface area contributed by atoms with Gasteiger partial charge in [0.2, 0.25) is 15.9 Å². The molecule has 2 aliphatic heterocycles. The summed E-state index contributed by atoms with van der Waals surface area (Å²) in [6.07, 6.45) is 2.22. The molecule has 2 aliphatic rings. The van der Waals surface area contributed by atoms with Crippen molar-refractivity contribution < 1.29 is 13.2 Å². The van der Waals surface area contributed by atoms with Gasteiger partial charge in [-0.2, -0.15) is 4.31 Å². The van der Waals surface area contributed by atoms with E-state index in [9.17, 15) is 13.2 Å². The first-order valence-corrected chi connectivity index (χ1v) is 15.3. The molecule has 0 saturated carbocycles. The molecule has 0 N–H and O–H groups in total. The van der Waals surface area contributed by atoms with Crippen molar-refractivity contribution in [3.8, 4) is 0 Å². The molecule has 3 atom stereocenters. The molecule has 0 aromatic heterocycles. The van der Waals surface area contributed by atoms with Crippen LogP contribution in [0.1, 0.15) is 56.5 Å². The molecule has 0 aliphatic carbocycles. The van der Waals surface area contributed by atoms with Crippen molar-refractivity contribution in [1.82, 2.24) is 19.0 Å². The Kier molecular flexibility index (Phi) is 8.74. The number of nitrogens with zero attached hydrogens (tertiary/aromatic N) is 4. The van der Waals surface area contributed by atoms with Gasteiger partial charge >= 0.3 is 0 Å². The number of carbonyl (C=O) groups is 1. The van der Waals surface area contributed by atoms with Crippen molar-refractivity contribution in [1.29, 1.82) is 0 Å². The van der Waals surface area contributed by atoms with Gasteiger partial charge < -0.3 is 4.90 Å². The van der Waals surface area contributed by atoms with E-state index in [2.05, 4.69) is 79.1 Å². The number of amides is 1. The average molecular weight is 527 g/mol. The highest BCUT2D eigenvalue weighted by Gasteiger charge is 2.34. The topological polar surface area (TPSA) is 64.2 Å². The quantitative estimate of drug-likeness (QED) is 0.552. The zero-order valence-electron chi connectivity index (χ0n) is 22.9. The van der Waals surface area contributed by atoms with Gasteiger partial charge in [0.25, 0.3) is 0 Å². The van der Waals surface area contributed by atoms with Crippen molar-refractivity contribution in [3.63, 3.8) is 0 Å². The normalized spacial score (nSPS) is 23.4. The lowest BCUT2D eigenvalue weighted by molar-refractivity contribution is -0.132. The van der Waals surface area contributed by atoms with Gasteiger partial charge in [0, 0.05) is 64.3 Å². The molecule has 4 rings (SSSR count). The highest BCUT2D eigenvalue weighted by atomic mass is 32.2. The summed E-state index contributed by atoms with van der Waals surface area (Å²) in [6.45, 7) is 12.4. The first-order chi connectivity index (χ1) is 17.5. The standard InChI is InChI=1S/C29H42N4O3S/c1-22(2)32-18-16-31(37(5,35)36)21-29(32)27-13-11-25(12-14-27)19-23(3)33-17-15-30(24(4)34)20-28(33)26-9-7-6-8-10-26/h6-14,22-23,28-29H,15-21H2,1-5H3/t23?,28-,29-/m1/s1. The average Bonchev–Trinajstić information content (AvgIpc) is 2.88. The lowest BCUT2D eigenvalue weighted by atomic mass is 9.96. The van der Waals surface area contributed by atoms with Crippen LogP contribution in [0.4, 0.5) is 0 Å². The number of carbonyl (C=O) groups excluding carboxylic acids is 1. The SMILES string of the molecule is CC(=O)N1CCN(C(C)Cc2ccc([C@H]3CN(S(C)(=O)=O)CCN3C(C)C)cc2)[C@@H](c2ccccc2)C1. The van der Waals surface area contributed by atoms with E-state index < -0.39 is 10.0 Å². The van der Waals surface area contributed by atoms with Gasteiger partial charge in [-0.3, -0.25) is 14.6 Å². The molecule has 0 bridgehead atoms. The van der Waals surface area contributed by atoms with Crippen LogP contribution in [0, 0.1) is 0 Å². The van der Waals surface area contributed by atoms with Crippen LogP contribution in [-0.2, 0) is 21.2 Å². The fraction of sp³-hybridized carbons (Fsp3) is 0.552. The third-order valence-electron chi connectivity index (χ3n) is 8.03. The minimum absolute atomic E-state index is 0.0528. The Hall–Kier alpha value is -2.26. The summed E-state index contributed by atoms with van der Waals surface area (Å²) in [4.78, 5) is 19.0. The first kappa shape index (κ1) is 27.8. The Morgan fingerprint density at radius 2 is 1.43 bits per heavy atom. The molecular weight excluding hydrogens is 484 g/mol. The van der Waals surface area contributed by atoms with E-state index in [0.29, 0.717) is 31.7 Å². The van der Waals surface area contributed by atoms with Crippen LogP contribution in [0.5, 0.6) is 0 Å². The maximum Gasteiger partial charge on any atom is 0.219 e. The second-order valence-corrected chi connectivity index (χ2v) is 12.9. The smallest absolute Gasteiger partial charge is 0.219 e. The molecule has 7 nitrogen and oxygen atoms in total. The fourth-order valence-corrected chi connectivity index (χ4v) is 6.73. The van der Waals surface area contributed by atoms with Gasteiger partial charge in [-0.15, -0.1) is 0 Å². The van der Waals surface area contributed by atoms with Gasteiger partial charge in [0.1, 0.15) is 0 Å². The van der Waals surface area contributed by atoms with Gasteiger partial charge in [0.05, 0.1) is 12.3 Å². The summed E-state index contributed by atoms with van der Waals surface area (Å²) in [6, 6.07) is 20.1. The van der Waals surface area contributed by atoms with Crippen LogP contribution in [0.25, 0.3) is 0 Å². The lowest BCUT2D eigenvalue weighted by Gasteiger charge is -2.44. The number of piperazine rings is 2. The summed E-state index contributed by atoms with van der Waals surface area (Å²) in [5.74, 6) is 0.136. The predicted molar refractivity (Wildman–Crippen MR) is 149 cm³/mol. The monoisotopic (exact) mass is 526 g/mol. The molecule has 202 valence electrons. The van der Waals surface area contributed by atoms with Crippen LogP contribution >= 0.6 is 0 Å². The summed E-state index contributed by atoms with van der Waals surface area (Å²) in [5, 5.41) is 0. The minimum atomic E-state index is -3.21. The molecule has 2 heterocycles. The van der Waals surface area contributed by atoms with Crippen LogP contribution in [0.15, 0.2) is 54.6 Å². The number of rotatable bonds is 7. The molecule has 2 aromatic carbocycles. The molecule has 8 heteroatoms. The van der Waals surface area contributed by atoms with Gasteiger partial charge in [-0.05, 0) is 43.9 Å². The third kappa shape index (κ3) is 6.60. The first-order valence-electron chi connectivity index (χ1n) is 13.4. The van der Waals surface area contributed by atoms with Crippen LogP contribution in [-0.4, -0.2) is 90.9 Å². The number of sulfonamides is 1. The van der Waals surface area contributed by atoms with E-state index in [-0.39, 0.29) is 18.0 Å². The molecule has 1 amide bonds. The maximum atomic E-state index is 12.2. The van der Waals surface area contributed by atoms with Crippen LogP contribution in [0.3, 0.4) is 0 Å². The zero-order valence-corrected chi connectivity index (χ0v) is 23.7. The number of hydrogen-bond donors (Lipinski definition) is 0. The largest absolute Gasteiger partial charge is 0.340 e. The van der Waals surface area contributed by atoms with Crippen molar-refractivity contribution >= 4 is 15.9 Å².